The van der Waals surface area contributed by atoms with E-state index < -0.39 is 0 Å². The van der Waals surface area contributed by atoms with Crippen molar-refractivity contribution in [1.29, 1.82) is 0 Å². The lowest BCUT2D eigenvalue weighted by Gasteiger charge is -2.50. The van der Waals surface area contributed by atoms with Crippen molar-refractivity contribution in [3.63, 3.8) is 0 Å². The minimum atomic E-state index is -0.250. The van der Waals surface area contributed by atoms with Crippen molar-refractivity contribution in [2.75, 3.05) is 45.9 Å². The third-order valence-corrected chi connectivity index (χ3v) is 6.16. The van der Waals surface area contributed by atoms with Crippen molar-refractivity contribution in [3.05, 3.63) is 35.9 Å². The van der Waals surface area contributed by atoms with E-state index >= 15 is 0 Å². The van der Waals surface area contributed by atoms with E-state index in [0.29, 0.717) is 18.1 Å². The summed E-state index contributed by atoms with van der Waals surface area (Å²) in [6.45, 7) is 8.23. The molecule has 0 spiro atoms. The molecule has 4 rings (SSSR count). The van der Waals surface area contributed by atoms with Gasteiger partial charge in [-0.25, -0.2) is 0 Å². The fourth-order valence-electron chi connectivity index (χ4n) is 4.70. The van der Waals surface area contributed by atoms with E-state index in [1.165, 1.54) is 5.56 Å². The summed E-state index contributed by atoms with van der Waals surface area (Å²) in [6, 6.07) is 12.3. The highest BCUT2D eigenvalue weighted by Crippen LogP contribution is 2.31. The van der Waals surface area contributed by atoms with Gasteiger partial charge in [0.1, 0.15) is 0 Å². The summed E-state index contributed by atoms with van der Waals surface area (Å²) in [5.74, 6) is 0.217. The highest BCUT2D eigenvalue weighted by molar-refractivity contribution is 5.73. The Kier molecular flexibility index (Phi) is 7.42. The molecule has 1 aromatic rings. The molecule has 0 aromatic heterocycles. The Morgan fingerprint density at radius 2 is 1.75 bits per heavy atom. The molecule has 154 valence electrons. The molecule has 0 bridgehead atoms. The molecule has 3 heterocycles. The van der Waals surface area contributed by atoms with Crippen LogP contribution in [0.3, 0.4) is 0 Å². The number of carboxylic acid groups (broad SMARTS) is 1. The Hall–Kier alpha value is -1.96. The molecule has 28 heavy (non-hydrogen) atoms. The summed E-state index contributed by atoms with van der Waals surface area (Å²) in [4.78, 5) is 27.2. The van der Waals surface area contributed by atoms with Gasteiger partial charge in [-0.3, -0.25) is 19.4 Å². The number of nitrogens with zero attached hydrogens (tertiary/aromatic N) is 3. The van der Waals surface area contributed by atoms with Crippen LogP contribution in [0.2, 0.25) is 0 Å². The number of hydrogen-bond donors (Lipinski definition) is 1. The number of carbonyl (C=O) groups excluding carboxylic acids is 1. The SMILES string of the molecule is CC(=O)N1CCC(N2CCN3[C@@H](COC[C@@H]3c3ccccc3)C2)CC1.O=CO. The molecule has 1 amide bonds. The molecule has 1 N–H and O–H groups in total. The first-order valence-corrected chi connectivity index (χ1v) is 10.1. The van der Waals surface area contributed by atoms with E-state index in [1.807, 2.05) is 4.90 Å². The van der Waals surface area contributed by atoms with Gasteiger partial charge in [-0.15, -0.1) is 0 Å². The molecule has 7 nitrogen and oxygen atoms in total. The second kappa shape index (κ2) is 10.0. The average Bonchev–Trinajstić information content (AvgIpc) is 2.74. The number of ether oxygens (including phenoxy) is 1. The van der Waals surface area contributed by atoms with E-state index in [0.717, 1.165) is 58.8 Å². The lowest BCUT2D eigenvalue weighted by atomic mass is 9.97. The van der Waals surface area contributed by atoms with Crippen molar-refractivity contribution in [2.45, 2.75) is 37.9 Å². The van der Waals surface area contributed by atoms with Crippen LogP contribution in [0.1, 0.15) is 31.4 Å². The molecule has 3 aliphatic rings. The van der Waals surface area contributed by atoms with E-state index in [4.69, 9.17) is 14.6 Å². The average molecular weight is 389 g/mol. The van der Waals surface area contributed by atoms with Gasteiger partial charge < -0.3 is 14.7 Å². The summed E-state index contributed by atoms with van der Waals surface area (Å²) in [7, 11) is 0. The van der Waals surface area contributed by atoms with Crippen LogP contribution >= 0.6 is 0 Å². The molecule has 3 saturated heterocycles. The number of piperidine rings is 1. The topological polar surface area (TPSA) is 73.3 Å². The molecule has 2 atom stereocenters. The van der Waals surface area contributed by atoms with E-state index in [9.17, 15) is 4.79 Å². The van der Waals surface area contributed by atoms with Crippen LogP contribution in [0.4, 0.5) is 0 Å². The Balaban J connectivity index is 0.000000706. The minimum Gasteiger partial charge on any atom is -0.483 e. The van der Waals surface area contributed by atoms with Crippen LogP contribution in [0.5, 0.6) is 0 Å². The lowest BCUT2D eigenvalue weighted by Crippen LogP contribution is -2.61. The van der Waals surface area contributed by atoms with Gasteiger partial charge in [0.15, 0.2) is 0 Å². The zero-order chi connectivity index (χ0) is 19.9. The smallest absolute Gasteiger partial charge is 0.290 e. The summed E-state index contributed by atoms with van der Waals surface area (Å²) < 4.78 is 5.97. The lowest BCUT2D eigenvalue weighted by molar-refractivity contribution is -0.131. The zero-order valence-electron chi connectivity index (χ0n) is 16.6. The Bertz CT molecular complexity index is 634. The van der Waals surface area contributed by atoms with Crippen LogP contribution in [0.15, 0.2) is 30.3 Å². The first-order valence-electron chi connectivity index (χ1n) is 10.1. The zero-order valence-corrected chi connectivity index (χ0v) is 16.6. The van der Waals surface area contributed by atoms with Gasteiger partial charge in [0, 0.05) is 51.7 Å². The molecule has 7 heteroatoms. The number of hydrogen-bond acceptors (Lipinski definition) is 5. The first kappa shape index (κ1) is 20.8. The van der Waals surface area contributed by atoms with Crippen LogP contribution in [0, 0.1) is 0 Å². The largest absolute Gasteiger partial charge is 0.483 e. The molecule has 1 aromatic carbocycles. The van der Waals surface area contributed by atoms with Crippen molar-refractivity contribution in [2.24, 2.45) is 0 Å². The quantitative estimate of drug-likeness (QED) is 0.772. The highest BCUT2D eigenvalue weighted by atomic mass is 16.5. The minimum absolute atomic E-state index is 0.217. The molecular weight excluding hydrogens is 358 g/mol. The Labute approximate surface area is 166 Å². The van der Waals surface area contributed by atoms with Gasteiger partial charge in [-0.1, -0.05) is 30.3 Å². The highest BCUT2D eigenvalue weighted by Gasteiger charge is 2.38. The number of carbonyl (C=O) groups is 2. The van der Waals surface area contributed by atoms with Crippen LogP contribution in [0.25, 0.3) is 0 Å². The van der Waals surface area contributed by atoms with Crippen molar-refractivity contribution in [1.82, 2.24) is 14.7 Å². The maximum atomic E-state index is 11.5. The number of likely N-dealkylation sites (tertiary alicyclic amines) is 1. The van der Waals surface area contributed by atoms with E-state index in [2.05, 4.69) is 40.1 Å². The summed E-state index contributed by atoms with van der Waals surface area (Å²) in [5, 5.41) is 6.89. The summed E-state index contributed by atoms with van der Waals surface area (Å²) in [5.41, 5.74) is 1.37. The second-order valence-electron chi connectivity index (χ2n) is 7.69. The molecule has 0 unspecified atom stereocenters. The monoisotopic (exact) mass is 389 g/mol. The maximum Gasteiger partial charge on any atom is 0.290 e. The van der Waals surface area contributed by atoms with Crippen molar-refractivity contribution >= 4 is 12.4 Å². The van der Waals surface area contributed by atoms with Gasteiger partial charge in [-0.05, 0) is 18.4 Å². The predicted molar refractivity (Wildman–Crippen MR) is 106 cm³/mol. The van der Waals surface area contributed by atoms with Gasteiger partial charge in [0.2, 0.25) is 5.91 Å². The fourth-order valence-corrected chi connectivity index (χ4v) is 4.70. The maximum absolute atomic E-state index is 11.5. The first-order chi connectivity index (χ1) is 13.6. The number of morpholine rings is 1. The number of amides is 1. The Morgan fingerprint density at radius 3 is 2.39 bits per heavy atom. The van der Waals surface area contributed by atoms with Gasteiger partial charge in [0.25, 0.3) is 6.47 Å². The third kappa shape index (κ3) is 4.90. The molecule has 3 aliphatic heterocycles. The van der Waals surface area contributed by atoms with E-state index in [-0.39, 0.29) is 12.4 Å². The number of fused-ring (bicyclic) bond motifs is 1. The van der Waals surface area contributed by atoms with Crippen molar-refractivity contribution < 1.29 is 19.4 Å². The Morgan fingerprint density at radius 1 is 1.07 bits per heavy atom. The molecule has 3 fully saturated rings. The predicted octanol–water partition coefficient (Wildman–Crippen LogP) is 1.46. The molecule has 0 saturated carbocycles. The van der Waals surface area contributed by atoms with Crippen molar-refractivity contribution in [3.8, 4) is 0 Å². The number of benzene rings is 1. The van der Waals surface area contributed by atoms with E-state index in [1.54, 1.807) is 6.92 Å². The third-order valence-electron chi connectivity index (χ3n) is 6.16. The molecule has 0 aliphatic carbocycles. The normalized spacial score (nSPS) is 26.7. The number of piperazine rings is 1. The van der Waals surface area contributed by atoms with Crippen LogP contribution in [-0.4, -0.2) is 90.2 Å². The van der Waals surface area contributed by atoms with Crippen LogP contribution in [-0.2, 0) is 14.3 Å². The standard InChI is InChI=1S/C20H29N3O2.CH2O2/c1-16(24)21-9-7-18(8-10-21)22-11-12-23-19(13-22)14-25-15-20(23)17-5-3-2-4-6-17;2-1-3/h2-6,18-20H,7-15H2,1H3;1H,(H,2,3)/t19-,20-;/m1./s1. The summed E-state index contributed by atoms with van der Waals surface area (Å²) in [6.07, 6.45) is 2.21. The summed E-state index contributed by atoms with van der Waals surface area (Å²) >= 11 is 0. The van der Waals surface area contributed by atoms with Crippen LogP contribution < -0.4 is 0 Å². The number of rotatable bonds is 2. The van der Waals surface area contributed by atoms with Gasteiger partial charge in [-0.2, -0.15) is 0 Å². The molecule has 0 radical (unpaired) electrons. The van der Waals surface area contributed by atoms with Gasteiger partial charge in [0.05, 0.1) is 19.3 Å². The fraction of sp³-hybridized carbons (Fsp3) is 0.619. The molecular formula is C21H31N3O4. The second-order valence-corrected chi connectivity index (χ2v) is 7.69. The van der Waals surface area contributed by atoms with Gasteiger partial charge >= 0.3 is 0 Å².